The van der Waals surface area contributed by atoms with Crippen molar-refractivity contribution in [3.63, 3.8) is 0 Å². The van der Waals surface area contributed by atoms with E-state index in [4.69, 9.17) is 5.11 Å². The minimum Gasteiger partial charge on any atom is -0.481 e. The number of hydrogen-bond donors (Lipinski definition) is 2. The zero-order valence-corrected chi connectivity index (χ0v) is 9.32. The minimum absolute atomic E-state index is 0.0591. The van der Waals surface area contributed by atoms with Crippen LogP contribution in [0.1, 0.15) is 13.3 Å². The predicted octanol–water partition coefficient (Wildman–Crippen LogP) is 1.47. The molecule has 0 fully saturated rings. The van der Waals surface area contributed by atoms with Crippen LogP contribution in [0.2, 0.25) is 0 Å². The summed E-state index contributed by atoms with van der Waals surface area (Å²) in [6.45, 7) is 1.65. The van der Waals surface area contributed by atoms with Crippen LogP contribution in [0.25, 0.3) is 0 Å². The first-order valence-corrected chi connectivity index (χ1v) is 5.38. The zero-order valence-electron chi connectivity index (χ0n) is 8.50. The Kier molecular flexibility index (Phi) is 6.24. The molecule has 1 unspecified atom stereocenters. The first-order valence-electron chi connectivity index (χ1n) is 4.40. The Labute approximate surface area is 94.6 Å². The van der Waals surface area contributed by atoms with E-state index in [1.807, 2.05) is 0 Å². The number of aliphatic carboxylic acids is 1. The number of carbonyl (C=O) groups is 2. The lowest BCUT2D eigenvalue weighted by Crippen LogP contribution is -2.31. The number of thioether (sulfide) groups is 1. The van der Waals surface area contributed by atoms with E-state index in [1.165, 1.54) is 0 Å². The summed E-state index contributed by atoms with van der Waals surface area (Å²) < 4.78 is 35.1. The van der Waals surface area contributed by atoms with Crippen LogP contribution >= 0.6 is 11.8 Å². The number of hydrogen-bond acceptors (Lipinski definition) is 3. The zero-order chi connectivity index (χ0) is 12.8. The predicted molar refractivity (Wildman–Crippen MR) is 52.9 cm³/mol. The summed E-state index contributed by atoms with van der Waals surface area (Å²) in [5.41, 5.74) is -4.43. The molecule has 0 aromatic heterocycles. The Morgan fingerprint density at radius 3 is 2.44 bits per heavy atom. The molecule has 1 atom stereocenters. The Morgan fingerprint density at radius 2 is 2.00 bits per heavy atom. The lowest BCUT2D eigenvalue weighted by Gasteiger charge is -2.10. The van der Waals surface area contributed by atoms with Gasteiger partial charge in [0.25, 0.3) is 0 Å². The van der Waals surface area contributed by atoms with E-state index >= 15 is 0 Å². The van der Waals surface area contributed by atoms with Crippen molar-refractivity contribution in [2.75, 3.05) is 12.3 Å². The van der Waals surface area contributed by atoms with Gasteiger partial charge in [-0.25, -0.2) is 0 Å². The fourth-order valence-electron chi connectivity index (χ4n) is 0.857. The third kappa shape index (κ3) is 9.63. The van der Waals surface area contributed by atoms with Crippen LogP contribution in [-0.4, -0.2) is 34.8 Å². The third-order valence-corrected chi connectivity index (χ3v) is 2.27. The van der Waals surface area contributed by atoms with Crippen molar-refractivity contribution in [3.8, 4) is 0 Å². The molecule has 0 aliphatic carbocycles. The molecule has 0 saturated carbocycles. The van der Waals surface area contributed by atoms with Crippen LogP contribution in [-0.2, 0) is 9.59 Å². The topological polar surface area (TPSA) is 66.4 Å². The highest BCUT2D eigenvalue weighted by atomic mass is 32.2. The second kappa shape index (κ2) is 6.62. The smallest absolute Gasteiger partial charge is 0.442 e. The average Bonchev–Trinajstić information content (AvgIpc) is 2.09. The van der Waals surface area contributed by atoms with Gasteiger partial charge in [-0.05, 0) is 17.7 Å². The van der Waals surface area contributed by atoms with Crippen molar-refractivity contribution >= 4 is 23.6 Å². The molecule has 0 bridgehead atoms. The molecule has 4 nitrogen and oxygen atoms in total. The van der Waals surface area contributed by atoms with Gasteiger partial charge in [-0.1, -0.05) is 6.92 Å². The summed E-state index contributed by atoms with van der Waals surface area (Å²) in [5.74, 6) is -2.77. The number of rotatable bonds is 6. The first-order chi connectivity index (χ1) is 7.20. The largest absolute Gasteiger partial charge is 0.481 e. The maximum Gasteiger partial charge on any atom is 0.442 e. The highest BCUT2D eigenvalue weighted by molar-refractivity contribution is 8.00. The molecule has 0 radical (unpaired) electrons. The summed E-state index contributed by atoms with van der Waals surface area (Å²) in [6, 6.07) is 0. The summed E-state index contributed by atoms with van der Waals surface area (Å²) in [5, 5.41) is 10.6. The van der Waals surface area contributed by atoms with Crippen LogP contribution < -0.4 is 5.32 Å². The summed E-state index contributed by atoms with van der Waals surface area (Å²) in [7, 11) is 0. The fourth-order valence-corrected chi connectivity index (χ4v) is 1.25. The number of carboxylic acids is 1. The molecule has 0 heterocycles. The molecule has 0 aromatic carbocycles. The number of alkyl halides is 3. The second-order valence-electron chi connectivity index (χ2n) is 3.24. The molecule has 1 amide bonds. The maximum atomic E-state index is 11.7. The molecule has 94 valence electrons. The van der Waals surface area contributed by atoms with Crippen molar-refractivity contribution in [2.45, 2.75) is 18.9 Å². The summed E-state index contributed by atoms with van der Waals surface area (Å²) >= 11 is -0.421. The Bertz CT molecular complexity index is 257. The van der Waals surface area contributed by atoms with Crippen LogP contribution in [0, 0.1) is 5.92 Å². The molecular weight excluding hydrogens is 247 g/mol. The van der Waals surface area contributed by atoms with Gasteiger partial charge in [0, 0.05) is 13.0 Å². The SMILES string of the molecule is CC(CNC(=O)CSC(F)(F)F)CC(=O)O. The third-order valence-electron chi connectivity index (χ3n) is 1.54. The molecule has 0 rings (SSSR count). The van der Waals surface area contributed by atoms with E-state index in [0.29, 0.717) is 0 Å². The summed E-state index contributed by atoms with van der Waals surface area (Å²) in [6.07, 6.45) is -0.132. The van der Waals surface area contributed by atoms with Crippen molar-refractivity contribution < 1.29 is 27.9 Å². The second-order valence-corrected chi connectivity index (χ2v) is 4.28. The lowest BCUT2D eigenvalue weighted by atomic mass is 10.1. The molecule has 0 aliphatic rings. The lowest BCUT2D eigenvalue weighted by molar-refractivity contribution is -0.138. The van der Waals surface area contributed by atoms with Gasteiger partial charge in [0.1, 0.15) is 0 Å². The maximum absolute atomic E-state index is 11.7. The number of halogens is 3. The fraction of sp³-hybridized carbons (Fsp3) is 0.750. The average molecular weight is 259 g/mol. The van der Waals surface area contributed by atoms with Gasteiger partial charge >= 0.3 is 11.5 Å². The molecule has 0 aromatic rings. The quantitative estimate of drug-likeness (QED) is 0.758. The van der Waals surface area contributed by atoms with Crippen LogP contribution in [0.4, 0.5) is 13.2 Å². The van der Waals surface area contributed by atoms with Gasteiger partial charge in [0.2, 0.25) is 5.91 Å². The van der Waals surface area contributed by atoms with Crippen molar-refractivity contribution in [2.24, 2.45) is 5.92 Å². The van der Waals surface area contributed by atoms with E-state index in [9.17, 15) is 22.8 Å². The van der Waals surface area contributed by atoms with Crippen molar-refractivity contribution in [1.82, 2.24) is 5.32 Å². The van der Waals surface area contributed by atoms with Crippen LogP contribution in [0.15, 0.2) is 0 Å². The molecule has 16 heavy (non-hydrogen) atoms. The molecule has 0 spiro atoms. The molecule has 0 aliphatic heterocycles. The Balaban J connectivity index is 3.69. The number of amides is 1. The molecule has 2 N–H and O–H groups in total. The van der Waals surface area contributed by atoms with Gasteiger partial charge in [-0.3, -0.25) is 9.59 Å². The van der Waals surface area contributed by atoms with E-state index in [1.54, 1.807) is 6.92 Å². The normalized spacial score (nSPS) is 13.2. The molecular formula is C8H12F3NO3S. The monoisotopic (exact) mass is 259 g/mol. The van der Waals surface area contributed by atoms with E-state index in [2.05, 4.69) is 5.32 Å². The Morgan fingerprint density at radius 1 is 1.44 bits per heavy atom. The summed E-state index contributed by atoms with van der Waals surface area (Å²) in [4.78, 5) is 21.1. The highest BCUT2D eigenvalue weighted by Gasteiger charge is 2.29. The van der Waals surface area contributed by atoms with Crippen LogP contribution in [0.5, 0.6) is 0 Å². The van der Waals surface area contributed by atoms with E-state index < -0.39 is 34.9 Å². The first kappa shape index (κ1) is 15.1. The van der Waals surface area contributed by atoms with Gasteiger partial charge in [0.15, 0.2) is 0 Å². The molecule has 0 saturated heterocycles. The Hall–Kier alpha value is -0.920. The van der Waals surface area contributed by atoms with Gasteiger partial charge < -0.3 is 10.4 Å². The standard InChI is InChI=1S/C8H12F3NO3S/c1-5(2-7(14)15)3-12-6(13)4-16-8(9,10)11/h5H,2-4H2,1H3,(H,12,13)(H,14,15). The van der Waals surface area contributed by atoms with Crippen molar-refractivity contribution in [1.29, 1.82) is 0 Å². The number of nitrogens with one attached hydrogen (secondary N) is 1. The minimum atomic E-state index is -4.43. The number of carboxylic acid groups (broad SMARTS) is 1. The van der Waals surface area contributed by atoms with Crippen LogP contribution in [0.3, 0.4) is 0 Å². The van der Waals surface area contributed by atoms with Gasteiger partial charge in [0.05, 0.1) is 5.75 Å². The van der Waals surface area contributed by atoms with E-state index in [0.717, 1.165) is 0 Å². The van der Waals surface area contributed by atoms with Gasteiger partial charge in [-0.15, -0.1) is 0 Å². The van der Waals surface area contributed by atoms with E-state index in [-0.39, 0.29) is 18.9 Å². The molecule has 8 heteroatoms. The number of carbonyl (C=O) groups excluding carboxylic acids is 1. The van der Waals surface area contributed by atoms with Crippen molar-refractivity contribution in [3.05, 3.63) is 0 Å². The highest BCUT2D eigenvalue weighted by Crippen LogP contribution is 2.29. The van der Waals surface area contributed by atoms with Gasteiger partial charge in [-0.2, -0.15) is 13.2 Å².